The molecule has 0 saturated carbocycles. The quantitative estimate of drug-likeness (QED) is 0.558. The van der Waals surface area contributed by atoms with Gasteiger partial charge in [-0.1, -0.05) is 72.8 Å². The number of amides is 1. The molecule has 1 amide bonds. The van der Waals surface area contributed by atoms with Gasteiger partial charge in [0.25, 0.3) is 0 Å². The molecule has 5 heteroatoms. The Morgan fingerprint density at radius 3 is 2.25 bits per heavy atom. The van der Waals surface area contributed by atoms with E-state index in [0.29, 0.717) is 17.9 Å². The fraction of sp³-hybridized carbons (Fsp3) is 0.217. The van der Waals surface area contributed by atoms with Crippen molar-refractivity contribution in [2.45, 2.75) is 24.8 Å². The fourth-order valence-corrected chi connectivity index (χ4v) is 4.74. The smallest absolute Gasteiger partial charge is 0.356 e. The molecule has 2 aliphatic rings. The van der Waals surface area contributed by atoms with Gasteiger partial charge in [-0.25, -0.2) is 4.79 Å². The Balaban J connectivity index is 1.70. The number of thioether (sulfide) groups is 1. The molecule has 142 valence electrons. The van der Waals surface area contributed by atoms with Gasteiger partial charge >= 0.3 is 5.97 Å². The molecule has 0 aliphatic carbocycles. The van der Waals surface area contributed by atoms with E-state index in [2.05, 4.69) is 0 Å². The van der Waals surface area contributed by atoms with E-state index in [1.165, 1.54) is 0 Å². The minimum Gasteiger partial charge on any atom is -0.448 e. The maximum Gasteiger partial charge on any atom is 0.356 e. The maximum absolute atomic E-state index is 13.3. The average Bonchev–Trinajstić information content (AvgIpc) is 2.73. The predicted octanol–water partition coefficient (Wildman–Crippen LogP) is 4.45. The highest BCUT2D eigenvalue weighted by atomic mass is 32.2. The molecular weight excluding hydrogens is 370 g/mol. The Morgan fingerprint density at radius 2 is 1.71 bits per heavy atom. The largest absolute Gasteiger partial charge is 0.448 e. The molecule has 2 aliphatic heterocycles. The lowest BCUT2D eigenvalue weighted by Gasteiger charge is -2.44. The molecule has 1 atom stereocenters. The summed E-state index contributed by atoms with van der Waals surface area (Å²) < 4.78 is 6.01. The van der Waals surface area contributed by atoms with Crippen LogP contribution in [0.4, 0.5) is 0 Å². The van der Waals surface area contributed by atoms with Crippen LogP contribution in [0.25, 0.3) is 0 Å². The van der Waals surface area contributed by atoms with Gasteiger partial charge in [0.15, 0.2) is 6.10 Å². The van der Waals surface area contributed by atoms with Gasteiger partial charge in [0.2, 0.25) is 5.91 Å². The van der Waals surface area contributed by atoms with Crippen molar-refractivity contribution < 1.29 is 14.3 Å². The molecule has 0 spiro atoms. The number of esters is 1. The van der Waals surface area contributed by atoms with Crippen LogP contribution in [-0.4, -0.2) is 27.9 Å². The summed E-state index contributed by atoms with van der Waals surface area (Å²) in [6.45, 7) is 1.90. The number of fused-ring (bicyclic) bond motifs is 1. The summed E-state index contributed by atoms with van der Waals surface area (Å²) in [5, 5.41) is 0.0379. The molecule has 0 aromatic heterocycles. The van der Waals surface area contributed by atoms with E-state index in [-0.39, 0.29) is 11.3 Å². The second-order valence-electron chi connectivity index (χ2n) is 6.71. The van der Waals surface area contributed by atoms with Crippen LogP contribution >= 0.6 is 11.8 Å². The van der Waals surface area contributed by atoms with Crippen LogP contribution in [0.3, 0.4) is 0 Å². The van der Waals surface area contributed by atoms with E-state index >= 15 is 0 Å². The van der Waals surface area contributed by atoms with Gasteiger partial charge in [-0.05, 0) is 23.6 Å². The highest BCUT2D eigenvalue weighted by Gasteiger charge is 2.45. The Morgan fingerprint density at radius 1 is 1.11 bits per heavy atom. The molecule has 28 heavy (non-hydrogen) atoms. The van der Waals surface area contributed by atoms with Crippen LogP contribution in [0, 0.1) is 0 Å². The molecule has 2 aromatic carbocycles. The summed E-state index contributed by atoms with van der Waals surface area (Å²) in [4.78, 5) is 27.1. The molecule has 4 nitrogen and oxygen atoms in total. The van der Waals surface area contributed by atoms with Gasteiger partial charge in [-0.3, -0.25) is 9.69 Å². The second-order valence-corrected chi connectivity index (χ2v) is 7.88. The first-order valence-electron chi connectivity index (χ1n) is 9.29. The molecule has 0 radical (unpaired) electrons. The number of hydrogen-bond donors (Lipinski definition) is 0. The summed E-state index contributed by atoms with van der Waals surface area (Å²) in [5.74, 6) is 0.219. The van der Waals surface area contributed by atoms with Crippen LogP contribution in [0.1, 0.15) is 30.6 Å². The number of rotatable bonds is 5. The highest BCUT2D eigenvalue weighted by Crippen LogP contribution is 2.41. The minimum absolute atomic E-state index is 0.0258. The molecule has 2 aromatic rings. The summed E-state index contributed by atoms with van der Waals surface area (Å²) in [6.07, 6.45) is 3.73. The third-order valence-corrected chi connectivity index (χ3v) is 6.11. The Kier molecular flexibility index (Phi) is 5.35. The molecule has 1 fully saturated rings. The third-order valence-electron chi connectivity index (χ3n) is 4.87. The predicted molar refractivity (Wildman–Crippen MR) is 110 cm³/mol. The van der Waals surface area contributed by atoms with E-state index in [1.807, 2.05) is 79.7 Å². The standard InChI is InChI=1S/C23H21NO3S/c1-2-9-18-15-28-20-14-19(25)24(20)21(18)23(26)27-22(16-10-5-3-6-11-16)17-12-7-4-8-13-17/h2-13,20,22H,14-15H2,1H3/b9-2+. The van der Waals surface area contributed by atoms with Crippen LogP contribution in [0.5, 0.6) is 0 Å². The minimum atomic E-state index is -0.529. The zero-order chi connectivity index (χ0) is 19.5. The number of ether oxygens (including phenoxy) is 1. The zero-order valence-corrected chi connectivity index (χ0v) is 16.4. The van der Waals surface area contributed by atoms with Gasteiger partial charge in [-0.15, -0.1) is 11.8 Å². The van der Waals surface area contributed by atoms with Gasteiger partial charge < -0.3 is 4.74 Å². The number of carbonyl (C=O) groups is 2. The van der Waals surface area contributed by atoms with Crippen LogP contribution < -0.4 is 0 Å². The Bertz CT molecular complexity index is 897. The maximum atomic E-state index is 13.3. The van der Waals surface area contributed by atoms with E-state index in [1.54, 1.807) is 16.7 Å². The van der Waals surface area contributed by atoms with Gasteiger partial charge in [0.05, 0.1) is 11.8 Å². The zero-order valence-electron chi connectivity index (χ0n) is 15.6. The molecule has 2 heterocycles. The van der Waals surface area contributed by atoms with Gasteiger partial charge in [-0.2, -0.15) is 0 Å². The molecule has 1 saturated heterocycles. The second kappa shape index (κ2) is 8.07. The first-order chi connectivity index (χ1) is 13.7. The molecule has 4 rings (SSSR count). The monoisotopic (exact) mass is 391 g/mol. The van der Waals surface area contributed by atoms with Gasteiger partial charge in [0.1, 0.15) is 5.70 Å². The van der Waals surface area contributed by atoms with Crippen LogP contribution in [0.15, 0.2) is 84.1 Å². The van der Waals surface area contributed by atoms with Crippen molar-refractivity contribution in [1.29, 1.82) is 0 Å². The number of nitrogens with zero attached hydrogens (tertiary/aromatic N) is 1. The summed E-state index contributed by atoms with van der Waals surface area (Å²) in [5.41, 5.74) is 3.01. The Labute approximate surface area is 168 Å². The highest BCUT2D eigenvalue weighted by molar-refractivity contribution is 8.00. The molecule has 0 bridgehead atoms. The number of hydrogen-bond acceptors (Lipinski definition) is 4. The average molecular weight is 391 g/mol. The SMILES string of the molecule is C/C=C/C1=C(C(=O)OC(c2ccccc2)c2ccccc2)N2C(=O)CC2SC1. The molecule has 1 unspecified atom stereocenters. The summed E-state index contributed by atoms with van der Waals surface area (Å²) in [6, 6.07) is 19.4. The van der Waals surface area contributed by atoms with Crippen molar-refractivity contribution in [3.8, 4) is 0 Å². The van der Waals surface area contributed by atoms with E-state index in [0.717, 1.165) is 16.7 Å². The van der Waals surface area contributed by atoms with Gasteiger partial charge in [0, 0.05) is 5.75 Å². The topological polar surface area (TPSA) is 46.6 Å². The summed E-state index contributed by atoms with van der Waals surface area (Å²) >= 11 is 1.69. The van der Waals surface area contributed by atoms with E-state index in [4.69, 9.17) is 4.74 Å². The van der Waals surface area contributed by atoms with Crippen molar-refractivity contribution in [3.63, 3.8) is 0 Å². The number of benzene rings is 2. The third kappa shape index (κ3) is 3.50. The van der Waals surface area contributed by atoms with Crippen molar-refractivity contribution in [3.05, 3.63) is 95.2 Å². The Hall–Kier alpha value is -2.79. The van der Waals surface area contributed by atoms with Crippen LogP contribution in [-0.2, 0) is 14.3 Å². The lowest BCUT2D eigenvalue weighted by molar-refractivity contribution is -0.151. The van der Waals surface area contributed by atoms with Crippen molar-refractivity contribution >= 4 is 23.6 Å². The fourth-order valence-electron chi connectivity index (χ4n) is 3.50. The van der Waals surface area contributed by atoms with Crippen molar-refractivity contribution in [2.24, 2.45) is 0 Å². The number of β-lactam (4-membered cyclic amide) rings is 1. The van der Waals surface area contributed by atoms with Crippen molar-refractivity contribution in [2.75, 3.05) is 5.75 Å². The first kappa shape index (κ1) is 18.6. The lowest BCUT2D eigenvalue weighted by Crippen LogP contribution is -2.54. The first-order valence-corrected chi connectivity index (χ1v) is 10.3. The molecular formula is C23H21NO3S. The number of carbonyl (C=O) groups excluding carboxylic acids is 2. The summed E-state index contributed by atoms with van der Waals surface area (Å²) in [7, 11) is 0. The van der Waals surface area contributed by atoms with E-state index < -0.39 is 12.1 Å². The lowest BCUT2D eigenvalue weighted by atomic mass is 10.0. The number of allylic oxidation sites excluding steroid dienone is 2. The molecule has 0 N–H and O–H groups in total. The van der Waals surface area contributed by atoms with E-state index in [9.17, 15) is 9.59 Å². The van der Waals surface area contributed by atoms with Crippen molar-refractivity contribution in [1.82, 2.24) is 4.90 Å². The van der Waals surface area contributed by atoms with Crippen LogP contribution in [0.2, 0.25) is 0 Å². The normalized spacial score (nSPS) is 19.0.